The standard InChI is InChI=1S/C22H19N5OS/c28-21(16-7-1-5-15-6-3-11-23-20(15)16)27-13-4-9-18(27)17-8-2-10-19(25-17)26-22-24-12-14-29-22/h1-3,5-8,10-12,14,18H,4,9,13H2,(H,24,25,26)/t18-/m1/s1. The lowest BCUT2D eigenvalue weighted by atomic mass is 10.1. The first-order valence-electron chi connectivity index (χ1n) is 9.58. The molecule has 1 aromatic carbocycles. The predicted octanol–water partition coefficient (Wildman–Crippen LogP) is 4.81. The van der Waals surface area contributed by atoms with Gasteiger partial charge in [-0.3, -0.25) is 9.78 Å². The van der Waals surface area contributed by atoms with Crippen LogP contribution in [0.3, 0.4) is 0 Å². The van der Waals surface area contributed by atoms with Crippen molar-refractivity contribution >= 4 is 39.1 Å². The molecule has 4 aromatic rings. The van der Waals surface area contributed by atoms with E-state index in [0.717, 1.165) is 46.9 Å². The fourth-order valence-electron chi connectivity index (χ4n) is 3.85. The van der Waals surface area contributed by atoms with E-state index in [1.807, 2.05) is 58.8 Å². The van der Waals surface area contributed by atoms with E-state index in [2.05, 4.69) is 15.3 Å². The third kappa shape index (κ3) is 3.45. The molecule has 1 aliphatic rings. The summed E-state index contributed by atoms with van der Waals surface area (Å²) in [5.41, 5.74) is 2.29. The molecule has 1 atom stereocenters. The van der Waals surface area contributed by atoms with Crippen molar-refractivity contribution in [1.29, 1.82) is 0 Å². The van der Waals surface area contributed by atoms with E-state index in [1.165, 1.54) is 11.3 Å². The molecule has 3 aromatic heterocycles. The number of thiazole rings is 1. The van der Waals surface area contributed by atoms with Gasteiger partial charge in [0.15, 0.2) is 5.13 Å². The molecule has 0 spiro atoms. The fraction of sp³-hybridized carbons (Fsp3) is 0.182. The first kappa shape index (κ1) is 17.8. The molecule has 0 saturated carbocycles. The number of nitrogens with one attached hydrogen (secondary N) is 1. The normalized spacial score (nSPS) is 16.3. The minimum atomic E-state index is -0.0421. The SMILES string of the molecule is O=C(c1cccc2cccnc12)N1CCC[C@@H]1c1cccc(Nc2nccs2)n1. The topological polar surface area (TPSA) is 71.0 Å². The molecule has 0 radical (unpaired) electrons. The van der Waals surface area contributed by atoms with Gasteiger partial charge in [-0.1, -0.05) is 24.3 Å². The van der Waals surface area contributed by atoms with Crippen LogP contribution in [0.1, 0.15) is 34.9 Å². The molecule has 7 heteroatoms. The van der Waals surface area contributed by atoms with E-state index in [1.54, 1.807) is 12.4 Å². The van der Waals surface area contributed by atoms with Crippen molar-refractivity contribution in [3.05, 3.63) is 77.6 Å². The van der Waals surface area contributed by atoms with Crippen molar-refractivity contribution in [2.45, 2.75) is 18.9 Å². The predicted molar refractivity (Wildman–Crippen MR) is 114 cm³/mol. The summed E-state index contributed by atoms with van der Waals surface area (Å²) in [6.07, 6.45) is 5.35. The maximum Gasteiger partial charge on any atom is 0.256 e. The summed E-state index contributed by atoms with van der Waals surface area (Å²) >= 11 is 1.53. The van der Waals surface area contributed by atoms with E-state index in [-0.39, 0.29) is 11.9 Å². The van der Waals surface area contributed by atoms with Crippen molar-refractivity contribution in [1.82, 2.24) is 19.9 Å². The Bertz CT molecular complexity index is 1160. The van der Waals surface area contributed by atoms with Crippen LogP contribution in [0.2, 0.25) is 0 Å². The Hall–Kier alpha value is -3.32. The van der Waals surface area contributed by atoms with Gasteiger partial charge < -0.3 is 10.2 Å². The number of carbonyl (C=O) groups excluding carboxylic acids is 1. The average Bonchev–Trinajstić information content (AvgIpc) is 3.45. The Labute approximate surface area is 172 Å². The van der Waals surface area contributed by atoms with Gasteiger partial charge in [-0.2, -0.15) is 0 Å². The largest absolute Gasteiger partial charge is 0.330 e. The molecule has 5 rings (SSSR count). The quantitative estimate of drug-likeness (QED) is 0.531. The highest BCUT2D eigenvalue weighted by molar-refractivity contribution is 7.13. The molecule has 29 heavy (non-hydrogen) atoms. The van der Waals surface area contributed by atoms with Crippen LogP contribution in [-0.4, -0.2) is 32.3 Å². The molecule has 144 valence electrons. The van der Waals surface area contributed by atoms with Crippen LogP contribution in [0.15, 0.2) is 66.3 Å². The van der Waals surface area contributed by atoms with Crippen LogP contribution in [0.5, 0.6) is 0 Å². The first-order chi connectivity index (χ1) is 14.3. The highest BCUT2D eigenvalue weighted by Crippen LogP contribution is 2.34. The van der Waals surface area contributed by atoms with Gasteiger partial charge in [-0.05, 0) is 37.1 Å². The van der Waals surface area contributed by atoms with Gasteiger partial charge in [0.05, 0.1) is 22.8 Å². The number of likely N-dealkylation sites (tertiary alicyclic amines) is 1. The molecule has 4 heterocycles. The second-order valence-corrected chi connectivity index (χ2v) is 7.84. The maximum absolute atomic E-state index is 13.4. The highest BCUT2D eigenvalue weighted by atomic mass is 32.1. The number of carbonyl (C=O) groups is 1. The summed E-state index contributed by atoms with van der Waals surface area (Å²) in [4.78, 5) is 28.8. The van der Waals surface area contributed by atoms with Gasteiger partial charge in [-0.25, -0.2) is 9.97 Å². The number of rotatable bonds is 4. The number of nitrogens with zero attached hydrogens (tertiary/aromatic N) is 4. The number of anilines is 2. The summed E-state index contributed by atoms with van der Waals surface area (Å²) in [6, 6.07) is 15.5. The van der Waals surface area contributed by atoms with Gasteiger partial charge in [0.1, 0.15) is 5.82 Å². The molecule has 0 bridgehead atoms. The van der Waals surface area contributed by atoms with E-state index < -0.39 is 0 Å². The second-order valence-electron chi connectivity index (χ2n) is 6.95. The number of benzene rings is 1. The lowest BCUT2D eigenvalue weighted by molar-refractivity contribution is 0.0735. The minimum absolute atomic E-state index is 0.0110. The molecule has 1 fully saturated rings. The van der Waals surface area contributed by atoms with Crippen molar-refractivity contribution in [3.63, 3.8) is 0 Å². The highest BCUT2D eigenvalue weighted by Gasteiger charge is 2.32. The summed E-state index contributed by atoms with van der Waals surface area (Å²) in [6.45, 7) is 0.721. The van der Waals surface area contributed by atoms with Crippen molar-refractivity contribution < 1.29 is 4.79 Å². The van der Waals surface area contributed by atoms with Gasteiger partial charge in [0, 0.05) is 29.7 Å². The van der Waals surface area contributed by atoms with Crippen molar-refractivity contribution in [3.8, 4) is 0 Å². The van der Waals surface area contributed by atoms with Crippen LogP contribution in [0, 0.1) is 0 Å². The Morgan fingerprint density at radius 2 is 1.97 bits per heavy atom. The van der Waals surface area contributed by atoms with Crippen LogP contribution >= 0.6 is 11.3 Å². The van der Waals surface area contributed by atoms with Crippen LogP contribution in [-0.2, 0) is 0 Å². The average molecular weight is 401 g/mol. The van der Waals surface area contributed by atoms with Crippen molar-refractivity contribution in [2.75, 3.05) is 11.9 Å². The number of hydrogen-bond donors (Lipinski definition) is 1. The Kier molecular flexibility index (Phi) is 4.65. The first-order valence-corrected chi connectivity index (χ1v) is 10.5. The third-order valence-electron chi connectivity index (χ3n) is 5.16. The zero-order valence-corrected chi connectivity index (χ0v) is 16.5. The monoisotopic (exact) mass is 401 g/mol. The number of aromatic nitrogens is 3. The summed E-state index contributed by atoms with van der Waals surface area (Å²) in [5.74, 6) is 0.750. The molecule has 0 aliphatic carbocycles. The van der Waals surface area contributed by atoms with Crippen LogP contribution < -0.4 is 5.32 Å². The fourth-order valence-corrected chi connectivity index (χ4v) is 4.39. The second kappa shape index (κ2) is 7.60. The molecule has 0 unspecified atom stereocenters. The molecular weight excluding hydrogens is 382 g/mol. The van der Waals surface area contributed by atoms with Crippen LogP contribution in [0.25, 0.3) is 10.9 Å². The minimum Gasteiger partial charge on any atom is -0.330 e. The van der Waals surface area contributed by atoms with Gasteiger partial charge in [0.2, 0.25) is 0 Å². The maximum atomic E-state index is 13.4. The summed E-state index contributed by atoms with van der Waals surface area (Å²) in [5, 5.41) is 6.92. The number of fused-ring (bicyclic) bond motifs is 1. The number of amides is 1. The molecule has 1 N–H and O–H groups in total. The zero-order valence-electron chi connectivity index (χ0n) is 15.7. The lowest BCUT2D eigenvalue weighted by Gasteiger charge is -2.25. The molecule has 6 nitrogen and oxygen atoms in total. The van der Waals surface area contributed by atoms with Gasteiger partial charge >= 0.3 is 0 Å². The number of pyridine rings is 2. The molecular formula is C22H19N5OS. The molecule has 1 aliphatic heterocycles. The molecule has 1 saturated heterocycles. The van der Waals surface area contributed by atoms with E-state index in [9.17, 15) is 4.79 Å². The summed E-state index contributed by atoms with van der Waals surface area (Å²) in [7, 11) is 0. The zero-order chi connectivity index (χ0) is 19.6. The number of para-hydroxylation sites is 1. The Balaban J connectivity index is 1.45. The summed E-state index contributed by atoms with van der Waals surface area (Å²) < 4.78 is 0. The third-order valence-corrected chi connectivity index (χ3v) is 5.84. The number of hydrogen-bond acceptors (Lipinski definition) is 6. The molecule has 1 amide bonds. The van der Waals surface area contributed by atoms with Gasteiger partial charge in [0.25, 0.3) is 5.91 Å². The van der Waals surface area contributed by atoms with E-state index >= 15 is 0 Å². The van der Waals surface area contributed by atoms with Gasteiger partial charge in [-0.15, -0.1) is 11.3 Å². The Morgan fingerprint density at radius 1 is 1.07 bits per heavy atom. The Morgan fingerprint density at radius 3 is 2.86 bits per heavy atom. The smallest absolute Gasteiger partial charge is 0.256 e. The van der Waals surface area contributed by atoms with E-state index in [4.69, 9.17) is 4.98 Å². The van der Waals surface area contributed by atoms with Crippen LogP contribution in [0.4, 0.5) is 10.9 Å². The van der Waals surface area contributed by atoms with Crippen molar-refractivity contribution in [2.24, 2.45) is 0 Å². The van der Waals surface area contributed by atoms with E-state index in [0.29, 0.717) is 5.56 Å². The lowest BCUT2D eigenvalue weighted by Crippen LogP contribution is -2.31.